The highest BCUT2D eigenvalue weighted by Gasteiger charge is 2.17. The first-order valence-corrected chi connectivity index (χ1v) is 8.76. The van der Waals surface area contributed by atoms with Crippen LogP contribution < -0.4 is 10.1 Å². The van der Waals surface area contributed by atoms with Crippen LogP contribution in [-0.2, 0) is 6.42 Å². The average Bonchev–Trinajstić information content (AvgIpc) is 2.96. The summed E-state index contributed by atoms with van der Waals surface area (Å²) >= 11 is 0. The lowest BCUT2D eigenvalue weighted by molar-refractivity contribution is 0.356. The van der Waals surface area contributed by atoms with Crippen molar-refractivity contribution < 1.29 is 4.74 Å². The molecule has 2 rings (SSSR count). The summed E-state index contributed by atoms with van der Waals surface area (Å²) in [5.41, 5.74) is 2.80. The minimum absolute atomic E-state index is 0.470. The van der Waals surface area contributed by atoms with Gasteiger partial charge in [-0.05, 0) is 37.0 Å². The lowest BCUT2D eigenvalue weighted by Crippen LogP contribution is -2.30. The van der Waals surface area contributed by atoms with Gasteiger partial charge in [0.2, 0.25) is 0 Å². The monoisotopic (exact) mass is 289 g/mol. The van der Waals surface area contributed by atoms with E-state index in [0.29, 0.717) is 12.1 Å². The van der Waals surface area contributed by atoms with Gasteiger partial charge in [-0.1, -0.05) is 51.7 Å². The second kappa shape index (κ2) is 8.43. The molecule has 2 nitrogen and oxygen atoms in total. The summed E-state index contributed by atoms with van der Waals surface area (Å²) < 4.78 is 5.60. The molecule has 0 amide bonds. The van der Waals surface area contributed by atoms with Gasteiger partial charge in [-0.15, -0.1) is 0 Å². The van der Waals surface area contributed by atoms with E-state index < -0.39 is 0 Å². The molecule has 1 aliphatic heterocycles. The summed E-state index contributed by atoms with van der Waals surface area (Å²) in [6, 6.07) is 7.78. The SMILES string of the molecule is CCCCCCC(C)NC(CC)c1ccc2c(c1)CCO2. The number of hydrogen-bond donors (Lipinski definition) is 1. The molecule has 1 aromatic carbocycles. The van der Waals surface area contributed by atoms with E-state index in [9.17, 15) is 0 Å². The lowest BCUT2D eigenvalue weighted by Gasteiger charge is -2.23. The van der Waals surface area contributed by atoms with E-state index in [2.05, 4.69) is 44.3 Å². The largest absolute Gasteiger partial charge is 0.493 e. The molecule has 1 N–H and O–H groups in total. The van der Waals surface area contributed by atoms with Crippen molar-refractivity contribution in [2.24, 2.45) is 0 Å². The van der Waals surface area contributed by atoms with Crippen LogP contribution in [0.4, 0.5) is 0 Å². The van der Waals surface area contributed by atoms with Crippen LogP contribution in [0.3, 0.4) is 0 Å². The summed E-state index contributed by atoms with van der Waals surface area (Å²) in [5, 5.41) is 3.81. The van der Waals surface area contributed by atoms with Crippen molar-refractivity contribution >= 4 is 0 Å². The molecule has 21 heavy (non-hydrogen) atoms. The van der Waals surface area contributed by atoms with E-state index in [1.807, 2.05) is 0 Å². The van der Waals surface area contributed by atoms with Crippen molar-refractivity contribution in [1.82, 2.24) is 5.32 Å². The van der Waals surface area contributed by atoms with Gasteiger partial charge in [-0.2, -0.15) is 0 Å². The fraction of sp³-hybridized carbons (Fsp3) is 0.684. The highest BCUT2D eigenvalue weighted by Crippen LogP contribution is 2.29. The third kappa shape index (κ3) is 4.74. The van der Waals surface area contributed by atoms with Gasteiger partial charge in [0.1, 0.15) is 5.75 Å². The van der Waals surface area contributed by atoms with Crippen LogP contribution in [0.25, 0.3) is 0 Å². The number of unbranched alkanes of at least 4 members (excludes halogenated alkanes) is 3. The van der Waals surface area contributed by atoms with Crippen molar-refractivity contribution in [1.29, 1.82) is 0 Å². The highest BCUT2D eigenvalue weighted by molar-refractivity contribution is 5.40. The second-order valence-corrected chi connectivity index (χ2v) is 6.34. The first-order valence-electron chi connectivity index (χ1n) is 8.76. The van der Waals surface area contributed by atoms with Gasteiger partial charge in [-0.25, -0.2) is 0 Å². The summed E-state index contributed by atoms with van der Waals surface area (Å²) in [6.45, 7) is 7.71. The number of fused-ring (bicyclic) bond motifs is 1. The molecule has 0 spiro atoms. The van der Waals surface area contributed by atoms with Crippen LogP contribution >= 0.6 is 0 Å². The Morgan fingerprint density at radius 3 is 2.81 bits per heavy atom. The number of nitrogens with one attached hydrogen (secondary N) is 1. The van der Waals surface area contributed by atoms with Gasteiger partial charge in [0.25, 0.3) is 0 Å². The molecule has 0 bridgehead atoms. The highest BCUT2D eigenvalue weighted by atomic mass is 16.5. The fourth-order valence-electron chi connectivity index (χ4n) is 3.18. The van der Waals surface area contributed by atoms with Crippen LogP contribution in [-0.4, -0.2) is 12.6 Å². The zero-order valence-corrected chi connectivity index (χ0v) is 14.0. The molecule has 2 unspecified atom stereocenters. The minimum atomic E-state index is 0.470. The maximum atomic E-state index is 5.60. The maximum Gasteiger partial charge on any atom is 0.122 e. The fourth-order valence-corrected chi connectivity index (χ4v) is 3.18. The van der Waals surface area contributed by atoms with E-state index in [0.717, 1.165) is 25.2 Å². The van der Waals surface area contributed by atoms with Crippen LogP contribution in [0.1, 0.15) is 76.5 Å². The van der Waals surface area contributed by atoms with E-state index >= 15 is 0 Å². The van der Waals surface area contributed by atoms with Crippen molar-refractivity contribution in [3.05, 3.63) is 29.3 Å². The zero-order valence-electron chi connectivity index (χ0n) is 14.0. The summed E-state index contributed by atoms with van der Waals surface area (Å²) in [4.78, 5) is 0. The summed E-state index contributed by atoms with van der Waals surface area (Å²) in [7, 11) is 0. The number of benzene rings is 1. The Kier molecular flexibility index (Phi) is 6.56. The van der Waals surface area contributed by atoms with Gasteiger partial charge >= 0.3 is 0 Å². The third-order valence-electron chi connectivity index (χ3n) is 4.50. The average molecular weight is 289 g/mol. The van der Waals surface area contributed by atoms with E-state index in [-0.39, 0.29) is 0 Å². The molecule has 1 aliphatic rings. The van der Waals surface area contributed by atoms with Crippen molar-refractivity contribution in [2.45, 2.75) is 77.8 Å². The van der Waals surface area contributed by atoms with Gasteiger partial charge in [0, 0.05) is 18.5 Å². The Morgan fingerprint density at radius 2 is 2.05 bits per heavy atom. The topological polar surface area (TPSA) is 21.3 Å². The summed E-state index contributed by atoms with van der Waals surface area (Å²) in [6.07, 6.45) is 8.88. The smallest absolute Gasteiger partial charge is 0.122 e. The van der Waals surface area contributed by atoms with Crippen molar-refractivity contribution in [3.8, 4) is 5.75 Å². The van der Waals surface area contributed by atoms with Gasteiger partial charge < -0.3 is 10.1 Å². The van der Waals surface area contributed by atoms with Crippen molar-refractivity contribution in [2.75, 3.05) is 6.61 Å². The molecule has 0 saturated carbocycles. The van der Waals surface area contributed by atoms with Gasteiger partial charge in [0.15, 0.2) is 0 Å². The molecule has 118 valence electrons. The number of ether oxygens (including phenoxy) is 1. The van der Waals surface area contributed by atoms with Crippen LogP contribution in [0.5, 0.6) is 5.75 Å². The molecule has 1 aromatic rings. The molecule has 0 fully saturated rings. The van der Waals surface area contributed by atoms with Crippen LogP contribution in [0.15, 0.2) is 18.2 Å². The molecular formula is C19H31NO. The Labute approximate surface area is 130 Å². The number of rotatable bonds is 9. The molecule has 1 heterocycles. The Morgan fingerprint density at radius 1 is 1.19 bits per heavy atom. The summed E-state index contributed by atoms with van der Waals surface area (Å²) in [5.74, 6) is 1.08. The van der Waals surface area contributed by atoms with Gasteiger partial charge in [-0.3, -0.25) is 0 Å². The predicted octanol–water partition coefficient (Wildman–Crippen LogP) is 5.02. The Balaban J connectivity index is 1.87. The van der Waals surface area contributed by atoms with E-state index in [1.54, 1.807) is 0 Å². The van der Waals surface area contributed by atoms with E-state index in [4.69, 9.17) is 4.74 Å². The zero-order chi connectivity index (χ0) is 15.1. The Hall–Kier alpha value is -1.02. The first-order chi connectivity index (χ1) is 10.2. The Bertz CT molecular complexity index is 430. The minimum Gasteiger partial charge on any atom is -0.493 e. The molecule has 0 aromatic heterocycles. The molecule has 0 aliphatic carbocycles. The lowest BCUT2D eigenvalue weighted by atomic mass is 9.99. The van der Waals surface area contributed by atoms with Crippen LogP contribution in [0.2, 0.25) is 0 Å². The van der Waals surface area contributed by atoms with Gasteiger partial charge in [0.05, 0.1) is 6.61 Å². The standard InChI is InChI=1S/C19H31NO/c1-4-6-7-8-9-15(3)20-18(5-2)16-10-11-19-17(14-16)12-13-21-19/h10-11,14-15,18,20H,4-9,12-13H2,1-3H3. The third-order valence-corrected chi connectivity index (χ3v) is 4.50. The van der Waals surface area contributed by atoms with Crippen molar-refractivity contribution in [3.63, 3.8) is 0 Å². The number of hydrogen-bond acceptors (Lipinski definition) is 2. The first kappa shape index (κ1) is 16.4. The quantitative estimate of drug-likeness (QED) is 0.644. The molecule has 2 heteroatoms. The molecule has 0 saturated heterocycles. The molecule has 2 atom stereocenters. The van der Waals surface area contributed by atoms with Crippen LogP contribution in [0, 0.1) is 0 Å². The predicted molar refractivity (Wildman–Crippen MR) is 90.0 cm³/mol. The molecule has 0 radical (unpaired) electrons. The van der Waals surface area contributed by atoms with E-state index in [1.165, 1.54) is 43.2 Å². The normalized spacial score (nSPS) is 16.3. The maximum absolute atomic E-state index is 5.60. The second-order valence-electron chi connectivity index (χ2n) is 6.34. The molecular weight excluding hydrogens is 258 g/mol.